The number of hydrogen-bond acceptors (Lipinski definition) is 5. The van der Waals surface area contributed by atoms with E-state index < -0.39 is 18.3 Å². The molecule has 5 nitrogen and oxygen atoms in total. The van der Waals surface area contributed by atoms with Crippen LogP contribution in [-0.2, 0) is 9.31 Å². The third-order valence-electron chi connectivity index (χ3n) is 5.86. The van der Waals surface area contributed by atoms with Crippen molar-refractivity contribution in [2.75, 3.05) is 5.32 Å². The SMILES string of the molecule is CC1(C)OB(c2cccc(C(=N)c3ccccc3Nc3ccncc3)c2)OC1(C)C. The molecule has 0 amide bonds. The van der Waals surface area contributed by atoms with Gasteiger partial charge >= 0.3 is 7.12 Å². The molecule has 0 radical (unpaired) electrons. The van der Waals surface area contributed by atoms with Gasteiger partial charge in [0, 0.05) is 29.3 Å². The van der Waals surface area contributed by atoms with Crippen molar-refractivity contribution >= 4 is 29.7 Å². The first kappa shape index (κ1) is 20.3. The lowest BCUT2D eigenvalue weighted by Crippen LogP contribution is -2.41. The summed E-state index contributed by atoms with van der Waals surface area (Å²) in [5.74, 6) is 0. The lowest BCUT2D eigenvalue weighted by atomic mass is 9.78. The molecule has 3 aromatic rings. The average Bonchev–Trinajstić information content (AvgIpc) is 2.96. The number of para-hydroxylation sites is 1. The van der Waals surface area contributed by atoms with Gasteiger partial charge in [-0.25, -0.2) is 0 Å². The monoisotopic (exact) mass is 399 g/mol. The smallest absolute Gasteiger partial charge is 0.399 e. The van der Waals surface area contributed by atoms with E-state index in [-0.39, 0.29) is 0 Å². The second-order valence-electron chi connectivity index (χ2n) is 8.50. The molecule has 0 spiro atoms. The Labute approximate surface area is 178 Å². The van der Waals surface area contributed by atoms with Crippen LogP contribution >= 0.6 is 0 Å². The Morgan fingerprint density at radius 2 is 1.57 bits per heavy atom. The van der Waals surface area contributed by atoms with Gasteiger partial charge in [-0.15, -0.1) is 0 Å². The van der Waals surface area contributed by atoms with Crippen molar-refractivity contribution in [2.45, 2.75) is 38.9 Å². The second-order valence-corrected chi connectivity index (χ2v) is 8.50. The lowest BCUT2D eigenvalue weighted by molar-refractivity contribution is 0.00578. The lowest BCUT2D eigenvalue weighted by Gasteiger charge is -2.32. The van der Waals surface area contributed by atoms with E-state index in [1.54, 1.807) is 12.4 Å². The fraction of sp³-hybridized carbons (Fsp3) is 0.250. The number of hydrogen-bond donors (Lipinski definition) is 2. The van der Waals surface area contributed by atoms with Crippen molar-refractivity contribution < 1.29 is 9.31 Å². The van der Waals surface area contributed by atoms with E-state index in [1.807, 2.05) is 88.4 Å². The topological polar surface area (TPSA) is 67.2 Å². The first-order valence-corrected chi connectivity index (χ1v) is 10.1. The van der Waals surface area contributed by atoms with Crippen LogP contribution in [0.4, 0.5) is 11.4 Å². The number of rotatable bonds is 5. The molecule has 152 valence electrons. The fourth-order valence-electron chi connectivity index (χ4n) is 3.38. The predicted molar refractivity (Wildman–Crippen MR) is 122 cm³/mol. The minimum atomic E-state index is -0.451. The summed E-state index contributed by atoms with van der Waals surface area (Å²) in [5, 5.41) is 12.3. The Balaban J connectivity index is 1.62. The maximum absolute atomic E-state index is 8.87. The minimum Gasteiger partial charge on any atom is -0.399 e. The van der Waals surface area contributed by atoms with Gasteiger partial charge in [-0.2, -0.15) is 0 Å². The van der Waals surface area contributed by atoms with Gasteiger partial charge in [0.1, 0.15) is 0 Å². The summed E-state index contributed by atoms with van der Waals surface area (Å²) in [6.07, 6.45) is 3.48. The number of pyridine rings is 1. The van der Waals surface area contributed by atoms with Gasteiger partial charge in [0.2, 0.25) is 0 Å². The van der Waals surface area contributed by atoms with E-state index in [1.165, 1.54) is 0 Å². The van der Waals surface area contributed by atoms with Crippen molar-refractivity contribution in [1.82, 2.24) is 4.98 Å². The van der Waals surface area contributed by atoms with Gasteiger partial charge in [0.25, 0.3) is 0 Å². The number of nitrogens with one attached hydrogen (secondary N) is 2. The standard InChI is InChI=1S/C24H26BN3O2/c1-23(2)24(3,4)30-25(29-23)18-9-7-8-17(16-18)22(26)20-10-5-6-11-21(20)28-19-12-14-27-15-13-19/h5-16,26H,1-4H3,(H,27,28). The molecular weight excluding hydrogens is 373 g/mol. The fourth-order valence-corrected chi connectivity index (χ4v) is 3.38. The molecular formula is C24H26BN3O2. The van der Waals surface area contributed by atoms with E-state index in [9.17, 15) is 0 Å². The highest BCUT2D eigenvalue weighted by atomic mass is 16.7. The molecule has 2 N–H and O–H groups in total. The molecule has 30 heavy (non-hydrogen) atoms. The molecule has 0 aliphatic carbocycles. The molecule has 0 unspecified atom stereocenters. The van der Waals surface area contributed by atoms with Crippen molar-refractivity contribution in [2.24, 2.45) is 0 Å². The summed E-state index contributed by atoms with van der Waals surface area (Å²) in [6, 6.07) is 19.5. The Bertz CT molecular complexity index is 1050. The van der Waals surface area contributed by atoms with Crippen molar-refractivity contribution in [1.29, 1.82) is 5.41 Å². The normalized spacial score (nSPS) is 17.0. The number of aromatic nitrogens is 1. The van der Waals surface area contributed by atoms with Crippen LogP contribution in [0.5, 0.6) is 0 Å². The molecule has 2 aromatic carbocycles. The summed E-state index contributed by atoms with van der Waals surface area (Å²) in [4.78, 5) is 4.05. The van der Waals surface area contributed by atoms with Crippen LogP contribution in [0.25, 0.3) is 0 Å². The van der Waals surface area contributed by atoms with E-state index in [4.69, 9.17) is 14.7 Å². The molecule has 1 fully saturated rings. The molecule has 1 saturated heterocycles. The predicted octanol–water partition coefficient (Wildman–Crippen LogP) is 4.54. The highest BCUT2D eigenvalue weighted by molar-refractivity contribution is 6.62. The molecule has 6 heteroatoms. The number of benzene rings is 2. The summed E-state index contributed by atoms with van der Waals surface area (Å²) in [5.41, 5.74) is 3.98. The minimum absolute atomic E-state index is 0.401. The van der Waals surface area contributed by atoms with Crippen LogP contribution in [0.2, 0.25) is 0 Å². The maximum Gasteiger partial charge on any atom is 0.494 e. The van der Waals surface area contributed by atoms with E-state index in [0.29, 0.717) is 5.71 Å². The van der Waals surface area contributed by atoms with Crippen LogP contribution in [0.3, 0.4) is 0 Å². The van der Waals surface area contributed by atoms with Crippen molar-refractivity contribution in [3.63, 3.8) is 0 Å². The van der Waals surface area contributed by atoms with Gasteiger partial charge < -0.3 is 14.6 Å². The van der Waals surface area contributed by atoms with E-state index >= 15 is 0 Å². The molecule has 1 aliphatic heterocycles. The average molecular weight is 399 g/mol. The summed E-state index contributed by atoms with van der Waals surface area (Å²) < 4.78 is 12.4. The largest absolute Gasteiger partial charge is 0.494 e. The quantitative estimate of drug-likeness (QED) is 0.488. The molecule has 2 heterocycles. The Morgan fingerprint density at radius 3 is 2.27 bits per heavy atom. The van der Waals surface area contributed by atoms with Crippen LogP contribution in [0, 0.1) is 5.41 Å². The van der Waals surface area contributed by atoms with Gasteiger partial charge in [-0.1, -0.05) is 42.5 Å². The van der Waals surface area contributed by atoms with Gasteiger partial charge in [0.05, 0.1) is 16.9 Å². The number of anilines is 2. The van der Waals surface area contributed by atoms with Gasteiger partial charge in [0.15, 0.2) is 0 Å². The van der Waals surface area contributed by atoms with Crippen LogP contribution in [0.1, 0.15) is 38.8 Å². The molecule has 0 saturated carbocycles. The molecule has 1 aliphatic rings. The molecule has 0 atom stereocenters. The van der Waals surface area contributed by atoms with Crippen LogP contribution in [-0.4, -0.2) is 29.0 Å². The number of nitrogens with zero attached hydrogens (tertiary/aromatic N) is 1. The second kappa shape index (κ2) is 7.71. The zero-order valence-corrected chi connectivity index (χ0v) is 17.8. The summed E-state index contributed by atoms with van der Waals surface area (Å²) in [7, 11) is -0.451. The van der Waals surface area contributed by atoms with E-state index in [2.05, 4.69) is 10.3 Å². The Kier molecular flexibility index (Phi) is 5.22. The summed E-state index contributed by atoms with van der Waals surface area (Å²) >= 11 is 0. The zero-order valence-electron chi connectivity index (χ0n) is 17.8. The maximum atomic E-state index is 8.87. The first-order valence-electron chi connectivity index (χ1n) is 10.1. The van der Waals surface area contributed by atoms with Gasteiger partial charge in [-0.3, -0.25) is 10.4 Å². The third kappa shape index (κ3) is 3.89. The van der Waals surface area contributed by atoms with Gasteiger partial charge in [-0.05, 0) is 56.9 Å². The Hall–Kier alpha value is -2.96. The third-order valence-corrected chi connectivity index (χ3v) is 5.86. The first-order chi connectivity index (χ1) is 14.3. The van der Waals surface area contributed by atoms with Crippen LogP contribution < -0.4 is 10.8 Å². The van der Waals surface area contributed by atoms with Crippen LogP contribution in [0.15, 0.2) is 73.1 Å². The molecule has 1 aromatic heterocycles. The van der Waals surface area contributed by atoms with Crippen molar-refractivity contribution in [3.05, 3.63) is 84.2 Å². The molecule has 0 bridgehead atoms. The molecule has 4 rings (SSSR count). The van der Waals surface area contributed by atoms with Crippen molar-refractivity contribution in [3.8, 4) is 0 Å². The highest BCUT2D eigenvalue weighted by Gasteiger charge is 2.51. The van der Waals surface area contributed by atoms with E-state index in [0.717, 1.165) is 28.0 Å². The Morgan fingerprint density at radius 1 is 0.900 bits per heavy atom. The zero-order chi connectivity index (χ0) is 21.4. The highest BCUT2D eigenvalue weighted by Crippen LogP contribution is 2.36. The summed E-state index contributed by atoms with van der Waals surface area (Å²) in [6.45, 7) is 8.17.